The Bertz CT molecular complexity index is 889. The van der Waals surface area contributed by atoms with E-state index in [1.807, 2.05) is 35.8 Å². The van der Waals surface area contributed by atoms with Gasteiger partial charge < -0.3 is 14.6 Å². The standard InChI is InChI=1S/C20H23N5O2/c1-15-8-9-21-18(12-15)16-4-6-17(7-5-16)20(26)22-13-19-24-23-14-25(19)10-3-11-27-2/h4-9,12,14H,3,10-11,13H2,1-2H3,(H,22,26). The van der Waals surface area contributed by atoms with E-state index in [2.05, 4.69) is 20.5 Å². The fourth-order valence-electron chi connectivity index (χ4n) is 2.73. The highest BCUT2D eigenvalue weighted by atomic mass is 16.5. The topological polar surface area (TPSA) is 81.9 Å². The van der Waals surface area contributed by atoms with Crippen LogP contribution < -0.4 is 5.32 Å². The number of amides is 1. The molecule has 0 unspecified atom stereocenters. The molecule has 0 atom stereocenters. The second-order valence-corrected chi connectivity index (χ2v) is 6.27. The Labute approximate surface area is 158 Å². The summed E-state index contributed by atoms with van der Waals surface area (Å²) in [5, 5.41) is 10.9. The summed E-state index contributed by atoms with van der Waals surface area (Å²) in [7, 11) is 1.67. The van der Waals surface area contributed by atoms with Crippen molar-refractivity contribution in [2.75, 3.05) is 13.7 Å². The van der Waals surface area contributed by atoms with Crippen LogP contribution in [0.4, 0.5) is 0 Å². The number of hydrogen-bond acceptors (Lipinski definition) is 5. The summed E-state index contributed by atoms with van der Waals surface area (Å²) in [5.74, 6) is 0.574. The van der Waals surface area contributed by atoms with E-state index >= 15 is 0 Å². The summed E-state index contributed by atoms with van der Waals surface area (Å²) in [5.41, 5.74) is 3.62. The molecule has 0 aliphatic rings. The number of ether oxygens (including phenoxy) is 1. The molecule has 1 amide bonds. The zero-order chi connectivity index (χ0) is 19.1. The molecule has 0 aliphatic heterocycles. The van der Waals surface area contributed by atoms with Crippen LogP contribution in [0.3, 0.4) is 0 Å². The summed E-state index contributed by atoms with van der Waals surface area (Å²) >= 11 is 0. The Hall–Kier alpha value is -3.06. The third-order valence-corrected chi connectivity index (χ3v) is 4.21. The summed E-state index contributed by atoms with van der Waals surface area (Å²) in [4.78, 5) is 16.8. The highest BCUT2D eigenvalue weighted by Gasteiger charge is 2.09. The molecule has 2 aromatic heterocycles. The minimum atomic E-state index is -0.148. The predicted octanol–water partition coefficient (Wildman–Crippen LogP) is 2.62. The molecule has 0 aliphatic carbocycles. The number of rotatable bonds is 8. The van der Waals surface area contributed by atoms with Gasteiger partial charge in [0.25, 0.3) is 5.91 Å². The average molecular weight is 365 g/mol. The highest BCUT2D eigenvalue weighted by Crippen LogP contribution is 2.18. The SMILES string of the molecule is COCCCn1cnnc1CNC(=O)c1ccc(-c2cc(C)ccn2)cc1. The lowest BCUT2D eigenvalue weighted by Gasteiger charge is -2.08. The number of nitrogens with one attached hydrogen (secondary N) is 1. The molecule has 1 aromatic carbocycles. The number of pyridine rings is 1. The van der Waals surface area contributed by atoms with Crippen molar-refractivity contribution in [3.8, 4) is 11.3 Å². The number of aromatic nitrogens is 4. The van der Waals surface area contributed by atoms with Crippen molar-refractivity contribution in [3.63, 3.8) is 0 Å². The molecular weight excluding hydrogens is 342 g/mol. The fourth-order valence-corrected chi connectivity index (χ4v) is 2.73. The first kappa shape index (κ1) is 18.7. The van der Waals surface area contributed by atoms with Crippen LogP contribution in [0.2, 0.25) is 0 Å². The predicted molar refractivity (Wildman–Crippen MR) is 102 cm³/mol. The number of nitrogens with zero attached hydrogens (tertiary/aromatic N) is 4. The van der Waals surface area contributed by atoms with Gasteiger partial charge in [-0.15, -0.1) is 10.2 Å². The quantitative estimate of drug-likeness (QED) is 0.621. The van der Waals surface area contributed by atoms with Gasteiger partial charge in [0.1, 0.15) is 6.33 Å². The molecule has 0 saturated carbocycles. The van der Waals surface area contributed by atoms with Gasteiger partial charge in [0, 0.05) is 37.6 Å². The van der Waals surface area contributed by atoms with Crippen LogP contribution in [0, 0.1) is 6.92 Å². The first-order chi connectivity index (χ1) is 13.2. The maximum absolute atomic E-state index is 12.4. The Kier molecular flexibility index (Phi) is 6.27. The van der Waals surface area contributed by atoms with Gasteiger partial charge in [0.05, 0.1) is 12.2 Å². The van der Waals surface area contributed by atoms with E-state index in [9.17, 15) is 4.79 Å². The molecule has 3 aromatic rings. The van der Waals surface area contributed by atoms with Gasteiger partial charge in [0.2, 0.25) is 0 Å². The number of methoxy groups -OCH3 is 1. The van der Waals surface area contributed by atoms with Crippen molar-refractivity contribution in [2.24, 2.45) is 0 Å². The monoisotopic (exact) mass is 365 g/mol. The van der Waals surface area contributed by atoms with Crippen LogP contribution in [0.5, 0.6) is 0 Å². The largest absolute Gasteiger partial charge is 0.385 e. The lowest BCUT2D eigenvalue weighted by atomic mass is 10.1. The molecular formula is C20H23N5O2. The normalized spacial score (nSPS) is 10.7. The molecule has 7 nitrogen and oxygen atoms in total. The third kappa shape index (κ3) is 4.98. The Morgan fingerprint density at radius 1 is 1.22 bits per heavy atom. The maximum atomic E-state index is 12.4. The second-order valence-electron chi connectivity index (χ2n) is 6.27. The molecule has 7 heteroatoms. The number of carbonyl (C=O) groups is 1. The van der Waals surface area contributed by atoms with E-state index in [1.165, 1.54) is 0 Å². The van der Waals surface area contributed by atoms with Crippen LogP contribution in [-0.4, -0.2) is 39.4 Å². The van der Waals surface area contributed by atoms with Gasteiger partial charge >= 0.3 is 0 Å². The Balaban J connectivity index is 1.60. The van der Waals surface area contributed by atoms with Crippen LogP contribution >= 0.6 is 0 Å². The Morgan fingerprint density at radius 3 is 2.78 bits per heavy atom. The van der Waals surface area contributed by atoms with Gasteiger partial charge in [0.15, 0.2) is 5.82 Å². The summed E-state index contributed by atoms with van der Waals surface area (Å²) in [6, 6.07) is 11.4. The maximum Gasteiger partial charge on any atom is 0.251 e. The van der Waals surface area contributed by atoms with Crippen molar-refractivity contribution in [1.82, 2.24) is 25.1 Å². The van der Waals surface area contributed by atoms with Gasteiger partial charge in [-0.2, -0.15) is 0 Å². The van der Waals surface area contributed by atoms with Gasteiger partial charge in [-0.1, -0.05) is 12.1 Å². The number of hydrogen-bond donors (Lipinski definition) is 1. The summed E-state index contributed by atoms with van der Waals surface area (Å²) < 4.78 is 6.98. The molecule has 0 bridgehead atoms. The molecule has 0 saturated heterocycles. The summed E-state index contributed by atoms with van der Waals surface area (Å²) in [6.45, 7) is 3.78. The smallest absolute Gasteiger partial charge is 0.251 e. The Morgan fingerprint density at radius 2 is 2.04 bits per heavy atom. The van der Waals surface area contributed by atoms with E-state index in [-0.39, 0.29) is 5.91 Å². The molecule has 2 heterocycles. The number of benzene rings is 1. The number of aryl methyl sites for hydroxylation is 2. The van der Waals surface area contributed by atoms with Crippen molar-refractivity contribution >= 4 is 5.91 Å². The van der Waals surface area contributed by atoms with E-state index < -0.39 is 0 Å². The van der Waals surface area contributed by atoms with Crippen molar-refractivity contribution in [1.29, 1.82) is 0 Å². The van der Waals surface area contributed by atoms with E-state index in [0.29, 0.717) is 18.7 Å². The van der Waals surface area contributed by atoms with E-state index in [0.717, 1.165) is 35.6 Å². The van der Waals surface area contributed by atoms with Gasteiger partial charge in [-0.25, -0.2) is 0 Å². The zero-order valence-corrected chi connectivity index (χ0v) is 15.6. The highest BCUT2D eigenvalue weighted by molar-refractivity contribution is 5.94. The van der Waals surface area contributed by atoms with E-state index in [1.54, 1.807) is 31.8 Å². The fraction of sp³-hybridized carbons (Fsp3) is 0.300. The number of carbonyl (C=O) groups excluding carboxylic acids is 1. The molecule has 27 heavy (non-hydrogen) atoms. The van der Waals surface area contributed by atoms with Crippen LogP contribution in [-0.2, 0) is 17.8 Å². The lowest BCUT2D eigenvalue weighted by molar-refractivity contribution is 0.0949. The molecule has 3 rings (SSSR count). The molecule has 140 valence electrons. The van der Waals surface area contributed by atoms with E-state index in [4.69, 9.17) is 4.74 Å². The van der Waals surface area contributed by atoms with Crippen LogP contribution in [0.15, 0.2) is 48.9 Å². The lowest BCUT2D eigenvalue weighted by Crippen LogP contribution is -2.24. The van der Waals surface area contributed by atoms with Gasteiger partial charge in [-0.3, -0.25) is 9.78 Å². The van der Waals surface area contributed by atoms with Crippen LogP contribution in [0.1, 0.15) is 28.2 Å². The average Bonchev–Trinajstić information content (AvgIpc) is 3.14. The van der Waals surface area contributed by atoms with Crippen LogP contribution in [0.25, 0.3) is 11.3 Å². The van der Waals surface area contributed by atoms with Gasteiger partial charge in [-0.05, 0) is 43.2 Å². The van der Waals surface area contributed by atoms with Crippen molar-refractivity contribution in [2.45, 2.75) is 26.4 Å². The molecule has 0 radical (unpaired) electrons. The van der Waals surface area contributed by atoms with Crippen molar-refractivity contribution in [3.05, 3.63) is 65.9 Å². The van der Waals surface area contributed by atoms with Crippen molar-refractivity contribution < 1.29 is 9.53 Å². The molecule has 1 N–H and O–H groups in total. The zero-order valence-electron chi connectivity index (χ0n) is 15.6. The second kappa shape index (κ2) is 9.05. The molecule has 0 spiro atoms. The first-order valence-electron chi connectivity index (χ1n) is 8.84. The molecule has 0 fully saturated rings. The minimum absolute atomic E-state index is 0.148. The summed E-state index contributed by atoms with van der Waals surface area (Å²) in [6.07, 6.45) is 4.32. The third-order valence-electron chi connectivity index (χ3n) is 4.21. The first-order valence-corrected chi connectivity index (χ1v) is 8.84. The minimum Gasteiger partial charge on any atom is -0.385 e.